The van der Waals surface area contributed by atoms with Crippen LogP contribution in [0.1, 0.15) is 51.0 Å². The molecule has 0 aliphatic carbocycles. The first-order valence-electron chi connectivity index (χ1n) is 6.76. The van der Waals surface area contributed by atoms with E-state index < -0.39 is 0 Å². The van der Waals surface area contributed by atoms with Crippen LogP contribution in [0.2, 0.25) is 0 Å². The molecule has 2 rings (SSSR count). The first-order valence-corrected chi connectivity index (χ1v) is 6.76. The van der Waals surface area contributed by atoms with Gasteiger partial charge in [-0.25, -0.2) is 0 Å². The number of aromatic nitrogens is 4. The fourth-order valence-corrected chi connectivity index (χ4v) is 2.20. The zero-order valence-corrected chi connectivity index (χ0v) is 12.0. The highest BCUT2D eigenvalue weighted by Gasteiger charge is 2.17. The van der Waals surface area contributed by atoms with Crippen LogP contribution in [0.4, 0.5) is 0 Å². The summed E-state index contributed by atoms with van der Waals surface area (Å²) in [5, 5.41) is 15.5. The molecule has 0 saturated heterocycles. The van der Waals surface area contributed by atoms with Crippen molar-refractivity contribution in [2.45, 2.75) is 39.7 Å². The minimum atomic E-state index is 0.125. The molecule has 0 amide bonds. The Morgan fingerprint density at radius 2 is 1.95 bits per heavy atom. The molecule has 0 radical (unpaired) electrons. The van der Waals surface area contributed by atoms with Crippen LogP contribution >= 0.6 is 0 Å². The number of tetrazole rings is 1. The van der Waals surface area contributed by atoms with Gasteiger partial charge in [-0.3, -0.25) is 0 Å². The summed E-state index contributed by atoms with van der Waals surface area (Å²) in [4.78, 5) is 0. The third-order valence-corrected chi connectivity index (χ3v) is 3.18. The van der Waals surface area contributed by atoms with Crippen LogP contribution in [0.15, 0.2) is 24.3 Å². The molecule has 0 aliphatic heterocycles. The Kier molecular flexibility index (Phi) is 4.27. The zero-order chi connectivity index (χ0) is 13.8. The maximum atomic E-state index is 4.15. The number of rotatable bonds is 5. The predicted molar refractivity (Wildman–Crippen MR) is 75.3 cm³/mol. The van der Waals surface area contributed by atoms with Crippen molar-refractivity contribution >= 4 is 0 Å². The van der Waals surface area contributed by atoms with Crippen molar-refractivity contribution in [2.24, 2.45) is 0 Å². The van der Waals surface area contributed by atoms with Crippen molar-refractivity contribution in [1.29, 1.82) is 0 Å². The summed E-state index contributed by atoms with van der Waals surface area (Å²) in [6.45, 7) is 9.39. The van der Waals surface area contributed by atoms with Crippen molar-refractivity contribution in [3.63, 3.8) is 0 Å². The molecule has 1 heterocycles. The highest BCUT2D eigenvalue weighted by Crippen LogP contribution is 2.24. The lowest BCUT2D eigenvalue weighted by Gasteiger charge is -2.16. The van der Waals surface area contributed by atoms with Crippen molar-refractivity contribution in [3.8, 4) is 5.69 Å². The standard InChI is InChI=1S/C14H21N5/c1-5-15-11(4)14-16-17-18-19(14)13-9-7-6-8-12(13)10(2)3/h6-11,15H,5H2,1-4H3. The van der Waals surface area contributed by atoms with Gasteiger partial charge in [0.1, 0.15) is 0 Å². The predicted octanol–water partition coefficient (Wildman–Crippen LogP) is 2.46. The molecule has 0 fully saturated rings. The van der Waals surface area contributed by atoms with Gasteiger partial charge in [0.2, 0.25) is 0 Å². The molecule has 5 heteroatoms. The van der Waals surface area contributed by atoms with Gasteiger partial charge in [0.05, 0.1) is 11.7 Å². The second-order valence-electron chi connectivity index (χ2n) is 4.94. The molecule has 1 atom stereocenters. The molecule has 1 aromatic heterocycles. The van der Waals surface area contributed by atoms with Crippen LogP contribution in [0.25, 0.3) is 5.69 Å². The van der Waals surface area contributed by atoms with E-state index in [1.165, 1.54) is 5.56 Å². The van der Waals surface area contributed by atoms with Gasteiger partial charge in [0.15, 0.2) is 5.82 Å². The average Bonchev–Trinajstić information content (AvgIpc) is 2.88. The SMILES string of the molecule is CCNC(C)c1nnnn1-c1ccccc1C(C)C. The van der Waals surface area contributed by atoms with Crippen LogP contribution < -0.4 is 5.32 Å². The second kappa shape index (κ2) is 5.93. The topological polar surface area (TPSA) is 55.6 Å². The van der Waals surface area contributed by atoms with E-state index in [9.17, 15) is 0 Å². The van der Waals surface area contributed by atoms with Crippen LogP contribution in [-0.2, 0) is 0 Å². The van der Waals surface area contributed by atoms with Gasteiger partial charge in [0, 0.05) is 0 Å². The van der Waals surface area contributed by atoms with E-state index in [0.717, 1.165) is 18.1 Å². The quantitative estimate of drug-likeness (QED) is 0.896. The lowest BCUT2D eigenvalue weighted by atomic mass is 10.0. The number of nitrogens with zero attached hydrogens (tertiary/aromatic N) is 4. The van der Waals surface area contributed by atoms with E-state index >= 15 is 0 Å². The van der Waals surface area contributed by atoms with Gasteiger partial charge in [-0.05, 0) is 41.4 Å². The molecule has 5 nitrogen and oxygen atoms in total. The Bertz CT molecular complexity index is 532. The summed E-state index contributed by atoms with van der Waals surface area (Å²) in [5.41, 5.74) is 2.31. The van der Waals surface area contributed by atoms with Crippen LogP contribution in [0, 0.1) is 0 Å². The Morgan fingerprint density at radius 1 is 1.21 bits per heavy atom. The molecule has 2 aromatic rings. The third kappa shape index (κ3) is 2.81. The fourth-order valence-electron chi connectivity index (χ4n) is 2.20. The summed E-state index contributed by atoms with van der Waals surface area (Å²) in [7, 11) is 0. The van der Waals surface area contributed by atoms with Crippen molar-refractivity contribution in [3.05, 3.63) is 35.7 Å². The molecule has 0 spiro atoms. The molecular weight excluding hydrogens is 238 g/mol. The molecule has 0 saturated carbocycles. The van der Waals surface area contributed by atoms with E-state index in [2.05, 4.69) is 66.7 Å². The lowest BCUT2D eigenvalue weighted by molar-refractivity contribution is 0.549. The maximum Gasteiger partial charge on any atom is 0.173 e. The molecule has 0 aliphatic rings. The molecule has 1 N–H and O–H groups in total. The third-order valence-electron chi connectivity index (χ3n) is 3.18. The number of para-hydroxylation sites is 1. The van der Waals surface area contributed by atoms with Crippen LogP contribution in [-0.4, -0.2) is 26.8 Å². The summed E-state index contributed by atoms with van der Waals surface area (Å²) >= 11 is 0. The first-order chi connectivity index (χ1) is 9.15. The summed E-state index contributed by atoms with van der Waals surface area (Å²) in [5.74, 6) is 1.28. The van der Waals surface area contributed by atoms with Crippen molar-refractivity contribution < 1.29 is 0 Å². The summed E-state index contributed by atoms with van der Waals surface area (Å²) < 4.78 is 1.84. The molecule has 1 unspecified atom stereocenters. The Labute approximate surface area is 114 Å². The minimum absolute atomic E-state index is 0.125. The lowest BCUT2D eigenvalue weighted by Crippen LogP contribution is -2.22. The largest absolute Gasteiger partial charge is 0.308 e. The number of nitrogens with one attached hydrogen (secondary N) is 1. The van der Waals surface area contributed by atoms with Crippen molar-refractivity contribution in [2.75, 3.05) is 6.54 Å². The highest BCUT2D eigenvalue weighted by molar-refractivity contribution is 5.42. The number of benzene rings is 1. The highest BCUT2D eigenvalue weighted by atomic mass is 15.5. The van der Waals surface area contributed by atoms with E-state index in [4.69, 9.17) is 0 Å². The molecule has 0 bridgehead atoms. The number of hydrogen-bond donors (Lipinski definition) is 1. The Hall–Kier alpha value is -1.75. The van der Waals surface area contributed by atoms with E-state index in [-0.39, 0.29) is 6.04 Å². The fraction of sp³-hybridized carbons (Fsp3) is 0.500. The minimum Gasteiger partial charge on any atom is -0.308 e. The molecule has 19 heavy (non-hydrogen) atoms. The smallest absolute Gasteiger partial charge is 0.173 e. The van der Waals surface area contributed by atoms with Gasteiger partial charge in [-0.15, -0.1) is 5.10 Å². The van der Waals surface area contributed by atoms with Crippen molar-refractivity contribution in [1.82, 2.24) is 25.5 Å². The monoisotopic (exact) mass is 259 g/mol. The number of hydrogen-bond acceptors (Lipinski definition) is 4. The van der Waals surface area contributed by atoms with E-state index in [0.29, 0.717) is 5.92 Å². The Balaban J connectivity index is 2.46. The average molecular weight is 259 g/mol. The molecular formula is C14H21N5. The van der Waals surface area contributed by atoms with E-state index in [1.807, 2.05) is 10.7 Å². The van der Waals surface area contributed by atoms with Crippen LogP contribution in [0.3, 0.4) is 0 Å². The van der Waals surface area contributed by atoms with Gasteiger partial charge in [-0.1, -0.05) is 39.0 Å². The maximum absolute atomic E-state index is 4.15. The first kappa shape index (κ1) is 13.7. The van der Waals surface area contributed by atoms with Gasteiger partial charge >= 0.3 is 0 Å². The normalized spacial score (nSPS) is 12.9. The zero-order valence-electron chi connectivity index (χ0n) is 12.0. The second-order valence-corrected chi connectivity index (χ2v) is 4.94. The molecule has 1 aromatic carbocycles. The Morgan fingerprint density at radius 3 is 2.63 bits per heavy atom. The summed E-state index contributed by atoms with van der Waals surface area (Å²) in [6.07, 6.45) is 0. The van der Waals surface area contributed by atoms with Crippen LogP contribution in [0.5, 0.6) is 0 Å². The summed E-state index contributed by atoms with van der Waals surface area (Å²) in [6, 6.07) is 8.39. The van der Waals surface area contributed by atoms with E-state index in [1.54, 1.807) is 0 Å². The van der Waals surface area contributed by atoms with Gasteiger partial charge in [0.25, 0.3) is 0 Å². The molecule has 102 valence electrons. The van der Waals surface area contributed by atoms with Gasteiger partial charge in [-0.2, -0.15) is 4.68 Å². The van der Waals surface area contributed by atoms with Gasteiger partial charge < -0.3 is 5.32 Å².